The zero-order valence-electron chi connectivity index (χ0n) is 14.9. The van der Waals surface area contributed by atoms with Crippen LogP contribution in [-0.4, -0.2) is 32.7 Å². The van der Waals surface area contributed by atoms with Gasteiger partial charge in [0.2, 0.25) is 5.91 Å². The largest absolute Gasteiger partial charge is 0.493 e. The molecular formula is C20H24N2O3. The molecule has 1 aliphatic rings. The molecule has 1 heterocycles. The van der Waals surface area contributed by atoms with Gasteiger partial charge in [-0.15, -0.1) is 0 Å². The lowest BCUT2D eigenvalue weighted by molar-refractivity contribution is -0.115. The Balaban J connectivity index is 1.73. The molecule has 0 spiro atoms. The summed E-state index contributed by atoms with van der Waals surface area (Å²) in [6, 6.07) is 14.0. The van der Waals surface area contributed by atoms with Crippen molar-refractivity contribution in [3.8, 4) is 11.5 Å². The van der Waals surface area contributed by atoms with Gasteiger partial charge >= 0.3 is 0 Å². The minimum absolute atomic E-state index is 0.0456. The zero-order valence-corrected chi connectivity index (χ0v) is 14.9. The Hall–Kier alpha value is -2.69. The Bertz CT molecular complexity index is 760. The minimum atomic E-state index is -0.0456. The average molecular weight is 340 g/mol. The van der Waals surface area contributed by atoms with E-state index in [4.69, 9.17) is 9.47 Å². The number of carbonyl (C=O) groups is 1. The number of ether oxygens (including phenoxy) is 2. The number of anilines is 2. The van der Waals surface area contributed by atoms with E-state index in [9.17, 15) is 4.79 Å². The third-order valence-corrected chi connectivity index (χ3v) is 4.65. The van der Waals surface area contributed by atoms with Gasteiger partial charge in [0.1, 0.15) is 0 Å². The molecule has 132 valence electrons. The van der Waals surface area contributed by atoms with Gasteiger partial charge in [-0.2, -0.15) is 0 Å². The summed E-state index contributed by atoms with van der Waals surface area (Å²) >= 11 is 0. The van der Waals surface area contributed by atoms with Crippen molar-refractivity contribution in [1.82, 2.24) is 0 Å². The first-order valence-electron chi connectivity index (χ1n) is 8.48. The topological polar surface area (TPSA) is 50.8 Å². The summed E-state index contributed by atoms with van der Waals surface area (Å²) in [4.78, 5) is 14.7. The second-order valence-electron chi connectivity index (χ2n) is 6.26. The summed E-state index contributed by atoms with van der Waals surface area (Å²) in [6.07, 6.45) is 2.12. The highest BCUT2D eigenvalue weighted by atomic mass is 16.5. The standard InChI is InChI=1S/C20H24N2O3/c1-14-8-9-15-6-4-5-7-17(15)22(14)13-20(23)21-16-10-11-18(24-2)19(12-16)25-3/h4-7,10-12,14H,8-9,13H2,1-3H3,(H,21,23)/t14-/m1/s1. The number of hydrogen-bond acceptors (Lipinski definition) is 4. The van der Waals surface area contributed by atoms with Crippen molar-refractivity contribution in [2.75, 3.05) is 31.0 Å². The fourth-order valence-corrected chi connectivity index (χ4v) is 3.27. The van der Waals surface area contributed by atoms with Crippen molar-refractivity contribution >= 4 is 17.3 Å². The number of benzene rings is 2. The summed E-state index contributed by atoms with van der Waals surface area (Å²) in [6.45, 7) is 2.49. The molecule has 5 heteroatoms. The number of carbonyl (C=O) groups excluding carboxylic acids is 1. The molecule has 0 saturated carbocycles. The van der Waals surface area contributed by atoms with Gasteiger partial charge in [-0.25, -0.2) is 0 Å². The van der Waals surface area contributed by atoms with E-state index in [1.54, 1.807) is 26.4 Å². The fourth-order valence-electron chi connectivity index (χ4n) is 3.27. The number of nitrogens with zero attached hydrogens (tertiary/aromatic N) is 1. The lowest BCUT2D eigenvalue weighted by atomic mass is 9.96. The van der Waals surface area contributed by atoms with E-state index in [1.165, 1.54) is 5.56 Å². The Morgan fingerprint density at radius 1 is 1.16 bits per heavy atom. The summed E-state index contributed by atoms with van der Waals surface area (Å²) in [7, 11) is 3.17. The van der Waals surface area contributed by atoms with E-state index in [2.05, 4.69) is 35.3 Å². The van der Waals surface area contributed by atoms with Gasteiger partial charge < -0.3 is 19.7 Å². The van der Waals surface area contributed by atoms with Crippen LogP contribution in [0.3, 0.4) is 0 Å². The predicted octanol–water partition coefficient (Wildman–Crippen LogP) is 3.48. The molecule has 1 amide bonds. The van der Waals surface area contributed by atoms with Crippen LogP contribution >= 0.6 is 0 Å². The van der Waals surface area contributed by atoms with Gasteiger partial charge in [0.05, 0.1) is 20.8 Å². The quantitative estimate of drug-likeness (QED) is 0.905. The van der Waals surface area contributed by atoms with Crippen LogP contribution in [0.5, 0.6) is 11.5 Å². The number of para-hydroxylation sites is 1. The van der Waals surface area contributed by atoms with E-state index in [0.29, 0.717) is 29.8 Å². The fraction of sp³-hybridized carbons (Fsp3) is 0.350. The number of amides is 1. The molecule has 5 nitrogen and oxygen atoms in total. The number of rotatable bonds is 5. The maximum Gasteiger partial charge on any atom is 0.243 e. The molecule has 0 unspecified atom stereocenters. The van der Waals surface area contributed by atoms with Crippen LogP contribution in [0.4, 0.5) is 11.4 Å². The van der Waals surface area contributed by atoms with Gasteiger partial charge in [0.15, 0.2) is 11.5 Å². The van der Waals surface area contributed by atoms with Crippen LogP contribution in [0.2, 0.25) is 0 Å². The smallest absolute Gasteiger partial charge is 0.243 e. The third kappa shape index (κ3) is 3.71. The Labute approximate surface area is 148 Å². The van der Waals surface area contributed by atoms with Gasteiger partial charge in [-0.3, -0.25) is 4.79 Å². The number of fused-ring (bicyclic) bond motifs is 1. The molecule has 1 aliphatic heterocycles. The van der Waals surface area contributed by atoms with E-state index in [1.807, 2.05) is 12.1 Å². The molecule has 2 aromatic carbocycles. The molecule has 2 aromatic rings. The summed E-state index contributed by atoms with van der Waals surface area (Å²) < 4.78 is 10.5. The van der Waals surface area contributed by atoms with E-state index in [0.717, 1.165) is 18.5 Å². The van der Waals surface area contributed by atoms with Crippen molar-refractivity contribution < 1.29 is 14.3 Å². The zero-order chi connectivity index (χ0) is 17.8. The maximum atomic E-state index is 12.6. The number of nitrogens with one attached hydrogen (secondary N) is 1. The second kappa shape index (κ2) is 7.47. The van der Waals surface area contributed by atoms with Gasteiger partial charge in [-0.1, -0.05) is 18.2 Å². The molecular weight excluding hydrogens is 316 g/mol. The van der Waals surface area contributed by atoms with Crippen LogP contribution in [0.1, 0.15) is 18.9 Å². The van der Waals surface area contributed by atoms with Crippen LogP contribution in [0, 0.1) is 0 Å². The molecule has 1 atom stereocenters. The van der Waals surface area contributed by atoms with Gasteiger partial charge in [0, 0.05) is 23.5 Å². The van der Waals surface area contributed by atoms with E-state index in [-0.39, 0.29) is 5.91 Å². The van der Waals surface area contributed by atoms with Crippen molar-refractivity contribution in [2.24, 2.45) is 0 Å². The second-order valence-corrected chi connectivity index (χ2v) is 6.26. The molecule has 1 N–H and O–H groups in total. The Morgan fingerprint density at radius 2 is 1.92 bits per heavy atom. The lowest BCUT2D eigenvalue weighted by Crippen LogP contribution is -2.42. The predicted molar refractivity (Wildman–Crippen MR) is 99.7 cm³/mol. The summed E-state index contributed by atoms with van der Waals surface area (Å²) in [5, 5.41) is 2.95. The van der Waals surface area contributed by atoms with E-state index < -0.39 is 0 Å². The lowest BCUT2D eigenvalue weighted by Gasteiger charge is -2.36. The Kier molecular flexibility index (Phi) is 5.12. The normalized spacial score (nSPS) is 16.1. The summed E-state index contributed by atoms with van der Waals surface area (Å²) in [5.41, 5.74) is 3.16. The third-order valence-electron chi connectivity index (χ3n) is 4.65. The molecule has 3 rings (SSSR count). The maximum absolute atomic E-state index is 12.6. The molecule has 0 aliphatic carbocycles. The monoisotopic (exact) mass is 340 g/mol. The van der Waals surface area contributed by atoms with E-state index >= 15 is 0 Å². The molecule has 0 radical (unpaired) electrons. The highest BCUT2D eigenvalue weighted by molar-refractivity contribution is 5.94. The van der Waals surface area contributed by atoms with Crippen molar-refractivity contribution in [1.29, 1.82) is 0 Å². The SMILES string of the molecule is COc1ccc(NC(=O)CN2c3ccccc3CC[C@H]2C)cc1OC. The van der Waals surface area contributed by atoms with Crippen LogP contribution < -0.4 is 19.7 Å². The van der Waals surface area contributed by atoms with Crippen LogP contribution in [0.15, 0.2) is 42.5 Å². The molecule has 0 fully saturated rings. The first-order valence-corrected chi connectivity index (χ1v) is 8.48. The van der Waals surface area contributed by atoms with Crippen molar-refractivity contribution in [3.63, 3.8) is 0 Å². The molecule has 0 saturated heterocycles. The minimum Gasteiger partial charge on any atom is -0.493 e. The van der Waals surface area contributed by atoms with Crippen molar-refractivity contribution in [2.45, 2.75) is 25.8 Å². The van der Waals surface area contributed by atoms with Gasteiger partial charge in [0.25, 0.3) is 0 Å². The van der Waals surface area contributed by atoms with Crippen molar-refractivity contribution in [3.05, 3.63) is 48.0 Å². The summed E-state index contributed by atoms with van der Waals surface area (Å²) in [5.74, 6) is 1.19. The highest BCUT2D eigenvalue weighted by Crippen LogP contribution is 2.31. The Morgan fingerprint density at radius 3 is 2.68 bits per heavy atom. The number of hydrogen-bond donors (Lipinski definition) is 1. The molecule has 0 bridgehead atoms. The number of aryl methyl sites for hydroxylation is 1. The average Bonchev–Trinajstić information content (AvgIpc) is 2.64. The van der Waals surface area contributed by atoms with Crippen LogP contribution in [-0.2, 0) is 11.2 Å². The molecule has 25 heavy (non-hydrogen) atoms. The first kappa shape index (κ1) is 17.1. The first-order chi connectivity index (χ1) is 12.1. The van der Waals surface area contributed by atoms with Gasteiger partial charge in [-0.05, 0) is 43.5 Å². The number of methoxy groups -OCH3 is 2. The highest BCUT2D eigenvalue weighted by Gasteiger charge is 2.24. The van der Waals surface area contributed by atoms with Crippen LogP contribution in [0.25, 0.3) is 0 Å². The molecule has 0 aromatic heterocycles.